The lowest BCUT2D eigenvalue weighted by Crippen LogP contribution is -2.24. The average Bonchev–Trinajstić information content (AvgIpc) is 2.70. The highest BCUT2D eigenvalue weighted by atomic mass is 19.1. The lowest BCUT2D eigenvalue weighted by atomic mass is 10.1. The predicted molar refractivity (Wildman–Crippen MR) is 81.9 cm³/mol. The van der Waals surface area contributed by atoms with Crippen molar-refractivity contribution in [3.05, 3.63) is 59.4 Å². The molecule has 0 atom stereocenters. The van der Waals surface area contributed by atoms with Gasteiger partial charge in [0.15, 0.2) is 0 Å². The molecule has 3 rings (SSSR count). The Morgan fingerprint density at radius 1 is 1.14 bits per heavy atom. The second kappa shape index (κ2) is 6.14. The van der Waals surface area contributed by atoms with Crippen LogP contribution in [0.4, 0.5) is 10.1 Å². The Kier molecular flexibility index (Phi) is 4.06. The number of hydrogen-bond donors (Lipinski definition) is 1. The van der Waals surface area contributed by atoms with Crippen molar-refractivity contribution >= 4 is 5.69 Å². The van der Waals surface area contributed by atoms with Gasteiger partial charge in [-0.15, -0.1) is 0 Å². The first kappa shape index (κ1) is 13.9. The number of nitrogens with two attached hydrogens (primary N) is 1. The molecule has 110 valence electrons. The minimum atomic E-state index is -0.221. The van der Waals surface area contributed by atoms with Crippen LogP contribution in [0.15, 0.2) is 42.5 Å². The minimum absolute atomic E-state index is 0.221. The van der Waals surface area contributed by atoms with Gasteiger partial charge in [-0.05, 0) is 41.8 Å². The highest BCUT2D eigenvalue weighted by molar-refractivity contribution is 5.59. The smallest absolute Gasteiger partial charge is 0.142 e. The fraction of sp³-hybridized carbons (Fsp3) is 0.294. The number of rotatable bonds is 3. The molecule has 1 aliphatic rings. The Morgan fingerprint density at radius 3 is 2.86 bits per heavy atom. The molecular formula is C17H19FN2O. The van der Waals surface area contributed by atoms with Gasteiger partial charge >= 0.3 is 0 Å². The molecule has 2 N–H and O–H groups in total. The molecule has 0 saturated carbocycles. The van der Waals surface area contributed by atoms with E-state index in [0.29, 0.717) is 19.7 Å². The van der Waals surface area contributed by atoms with E-state index >= 15 is 0 Å². The van der Waals surface area contributed by atoms with Gasteiger partial charge in [0, 0.05) is 19.6 Å². The van der Waals surface area contributed by atoms with Crippen LogP contribution in [-0.4, -0.2) is 13.2 Å². The second-order valence-corrected chi connectivity index (χ2v) is 5.21. The number of hydrogen-bond acceptors (Lipinski definition) is 3. The zero-order valence-electron chi connectivity index (χ0n) is 11.9. The largest absolute Gasteiger partial charge is 0.491 e. The number of anilines is 1. The normalized spacial score (nSPS) is 14.3. The van der Waals surface area contributed by atoms with E-state index in [4.69, 9.17) is 10.5 Å². The Hall–Kier alpha value is -2.07. The van der Waals surface area contributed by atoms with Crippen molar-refractivity contribution in [3.8, 4) is 5.75 Å². The van der Waals surface area contributed by atoms with Crippen molar-refractivity contribution in [1.82, 2.24) is 0 Å². The summed E-state index contributed by atoms with van der Waals surface area (Å²) < 4.78 is 19.3. The van der Waals surface area contributed by atoms with Gasteiger partial charge in [-0.1, -0.05) is 18.2 Å². The molecule has 2 aromatic rings. The maximum Gasteiger partial charge on any atom is 0.142 e. The molecule has 1 aliphatic heterocycles. The van der Waals surface area contributed by atoms with Crippen LogP contribution >= 0.6 is 0 Å². The van der Waals surface area contributed by atoms with Crippen molar-refractivity contribution in [1.29, 1.82) is 0 Å². The first-order valence-corrected chi connectivity index (χ1v) is 7.22. The van der Waals surface area contributed by atoms with Crippen molar-refractivity contribution < 1.29 is 9.13 Å². The van der Waals surface area contributed by atoms with E-state index in [9.17, 15) is 4.39 Å². The molecule has 21 heavy (non-hydrogen) atoms. The average molecular weight is 286 g/mol. The van der Waals surface area contributed by atoms with E-state index < -0.39 is 0 Å². The van der Waals surface area contributed by atoms with Gasteiger partial charge in [0.05, 0.1) is 12.3 Å². The van der Waals surface area contributed by atoms with Crippen LogP contribution in [0.3, 0.4) is 0 Å². The summed E-state index contributed by atoms with van der Waals surface area (Å²) in [5, 5.41) is 0. The van der Waals surface area contributed by atoms with Gasteiger partial charge in [0.25, 0.3) is 0 Å². The van der Waals surface area contributed by atoms with Crippen LogP contribution in [0.5, 0.6) is 5.75 Å². The van der Waals surface area contributed by atoms with Crippen LogP contribution in [0.2, 0.25) is 0 Å². The van der Waals surface area contributed by atoms with Gasteiger partial charge in [0.2, 0.25) is 0 Å². The molecule has 0 bridgehead atoms. The summed E-state index contributed by atoms with van der Waals surface area (Å²) in [6.07, 6.45) is 0.946. The molecule has 3 nitrogen and oxygen atoms in total. The monoisotopic (exact) mass is 286 g/mol. The van der Waals surface area contributed by atoms with Crippen molar-refractivity contribution in [2.75, 3.05) is 18.1 Å². The summed E-state index contributed by atoms with van der Waals surface area (Å²) in [4.78, 5) is 2.23. The topological polar surface area (TPSA) is 38.5 Å². The van der Waals surface area contributed by atoms with Gasteiger partial charge in [0.1, 0.15) is 11.6 Å². The molecule has 1 heterocycles. The van der Waals surface area contributed by atoms with Gasteiger partial charge in [-0.25, -0.2) is 4.39 Å². The zero-order chi connectivity index (χ0) is 14.7. The number of fused-ring (bicyclic) bond motifs is 1. The van der Waals surface area contributed by atoms with E-state index in [2.05, 4.69) is 4.90 Å². The third kappa shape index (κ3) is 3.00. The maximum absolute atomic E-state index is 13.5. The van der Waals surface area contributed by atoms with Gasteiger partial charge in [-0.3, -0.25) is 0 Å². The predicted octanol–water partition coefficient (Wildman–Crippen LogP) is 3.07. The fourth-order valence-electron chi connectivity index (χ4n) is 2.71. The van der Waals surface area contributed by atoms with E-state index in [1.165, 1.54) is 6.07 Å². The van der Waals surface area contributed by atoms with Crippen molar-refractivity contribution in [3.63, 3.8) is 0 Å². The van der Waals surface area contributed by atoms with E-state index in [0.717, 1.165) is 35.5 Å². The zero-order valence-corrected chi connectivity index (χ0v) is 11.9. The number of nitrogens with zero attached hydrogens (tertiary/aromatic N) is 1. The van der Waals surface area contributed by atoms with Crippen LogP contribution in [0, 0.1) is 5.82 Å². The summed E-state index contributed by atoms with van der Waals surface area (Å²) in [5.74, 6) is 0.669. The molecule has 0 aliphatic carbocycles. The van der Waals surface area contributed by atoms with Crippen LogP contribution in [0.1, 0.15) is 17.5 Å². The molecular weight excluding hydrogens is 267 g/mol. The molecule has 0 spiro atoms. The van der Waals surface area contributed by atoms with Crippen molar-refractivity contribution in [2.45, 2.75) is 19.5 Å². The lowest BCUT2D eigenvalue weighted by Gasteiger charge is -2.25. The van der Waals surface area contributed by atoms with Gasteiger partial charge < -0.3 is 15.4 Å². The minimum Gasteiger partial charge on any atom is -0.491 e. The molecule has 0 saturated heterocycles. The SMILES string of the molecule is NCc1ccc(F)cc1CN1CCCOc2ccccc21. The number of benzene rings is 2. The number of halogens is 1. The quantitative estimate of drug-likeness (QED) is 0.942. The van der Waals surface area contributed by atoms with E-state index in [1.807, 2.05) is 24.3 Å². The molecule has 2 aromatic carbocycles. The van der Waals surface area contributed by atoms with Crippen molar-refractivity contribution in [2.24, 2.45) is 5.73 Å². The summed E-state index contributed by atoms with van der Waals surface area (Å²) in [7, 11) is 0. The Morgan fingerprint density at radius 2 is 2.00 bits per heavy atom. The molecule has 0 fully saturated rings. The molecule has 0 radical (unpaired) electrons. The van der Waals surface area contributed by atoms with E-state index in [-0.39, 0.29) is 5.82 Å². The third-order valence-electron chi connectivity index (χ3n) is 3.79. The second-order valence-electron chi connectivity index (χ2n) is 5.21. The Bertz CT molecular complexity index is 630. The highest BCUT2D eigenvalue weighted by Crippen LogP contribution is 2.32. The maximum atomic E-state index is 13.5. The third-order valence-corrected chi connectivity index (χ3v) is 3.79. The van der Waals surface area contributed by atoms with Crippen LogP contribution in [-0.2, 0) is 13.1 Å². The number of ether oxygens (including phenoxy) is 1. The lowest BCUT2D eigenvalue weighted by molar-refractivity contribution is 0.322. The standard InChI is InChI=1S/C17H19FN2O/c18-15-7-6-13(11-19)14(10-15)12-20-8-3-9-21-17-5-2-1-4-16(17)20/h1-2,4-7,10H,3,8-9,11-12,19H2. The first-order chi connectivity index (χ1) is 10.3. The van der Waals surface area contributed by atoms with E-state index in [1.54, 1.807) is 12.1 Å². The summed E-state index contributed by atoms with van der Waals surface area (Å²) in [6, 6.07) is 12.8. The fourth-order valence-corrected chi connectivity index (χ4v) is 2.71. The Labute approximate surface area is 124 Å². The molecule has 4 heteroatoms. The van der Waals surface area contributed by atoms with Crippen LogP contribution < -0.4 is 15.4 Å². The summed E-state index contributed by atoms with van der Waals surface area (Å²) >= 11 is 0. The number of para-hydroxylation sites is 2. The molecule has 0 aromatic heterocycles. The Balaban J connectivity index is 1.93. The van der Waals surface area contributed by atoms with Crippen LogP contribution in [0.25, 0.3) is 0 Å². The van der Waals surface area contributed by atoms with Gasteiger partial charge in [-0.2, -0.15) is 0 Å². The highest BCUT2D eigenvalue weighted by Gasteiger charge is 2.17. The molecule has 0 amide bonds. The summed E-state index contributed by atoms with van der Waals surface area (Å²) in [6.45, 7) is 2.66. The molecule has 0 unspecified atom stereocenters. The summed E-state index contributed by atoms with van der Waals surface area (Å²) in [5.41, 5.74) is 8.75. The first-order valence-electron chi connectivity index (χ1n) is 7.22.